The molecule has 0 heterocycles. The summed E-state index contributed by atoms with van der Waals surface area (Å²) < 4.78 is 13.6. The van der Waals surface area contributed by atoms with Gasteiger partial charge in [0.05, 0.1) is 6.54 Å². The number of nitrogens with one attached hydrogen (secondary N) is 2. The first-order valence-electron chi connectivity index (χ1n) is 10.2. The van der Waals surface area contributed by atoms with Crippen LogP contribution >= 0.6 is 0 Å². The molecule has 1 aliphatic rings. The lowest BCUT2D eigenvalue weighted by atomic mass is 9.91. The number of rotatable bonds is 4. The largest absolute Gasteiger partial charge is 0.352 e. The summed E-state index contributed by atoms with van der Waals surface area (Å²) in [5, 5.41) is 9.12. The summed E-state index contributed by atoms with van der Waals surface area (Å²) >= 11 is 0. The van der Waals surface area contributed by atoms with Crippen LogP contribution in [-0.2, 0) is 6.54 Å². The Labute approximate surface area is 171 Å². The quantitative estimate of drug-likeness (QED) is 0.443. The van der Waals surface area contributed by atoms with E-state index in [1.807, 2.05) is 18.2 Å². The van der Waals surface area contributed by atoms with Crippen LogP contribution < -0.4 is 16.4 Å². The first-order chi connectivity index (χ1) is 14.2. The lowest BCUT2D eigenvalue weighted by molar-refractivity contribution is 0.360. The Balaban J connectivity index is 1.59. The predicted molar refractivity (Wildman–Crippen MR) is 118 cm³/mol. The van der Waals surface area contributed by atoms with Gasteiger partial charge in [0.2, 0.25) is 0 Å². The standard InChI is InChI=1S/C24H27FN4/c25-19-10-6-11-20(15-19)28-24(29-23-14-4-3-13-22(23)26)27-16-18-9-5-8-17-7-1-2-12-21(17)18/h1-2,5-12,15,22-23H,3-4,13-14,16,26H2,(H2,27,28,29)/t22-,23-/m0/s1. The summed E-state index contributed by atoms with van der Waals surface area (Å²) in [4.78, 5) is 4.81. The van der Waals surface area contributed by atoms with Gasteiger partial charge in [0.25, 0.3) is 0 Å². The van der Waals surface area contributed by atoms with Gasteiger partial charge < -0.3 is 16.4 Å². The fourth-order valence-electron chi connectivity index (χ4n) is 3.93. The van der Waals surface area contributed by atoms with Crippen LogP contribution in [0, 0.1) is 5.82 Å². The molecule has 29 heavy (non-hydrogen) atoms. The fraction of sp³-hybridized carbons (Fsp3) is 0.292. The van der Waals surface area contributed by atoms with Crippen molar-refractivity contribution in [3.8, 4) is 0 Å². The van der Waals surface area contributed by atoms with E-state index in [4.69, 9.17) is 10.7 Å². The van der Waals surface area contributed by atoms with Gasteiger partial charge in [0, 0.05) is 17.8 Å². The van der Waals surface area contributed by atoms with Crippen LogP contribution in [0.15, 0.2) is 71.7 Å². The molecule has 2 atom stereocenters. The van der Waals surface area contributed by atoms with Crippen molar-refractivity contribution in [2.24, 2.45) is 10.7 Å². The number of hydrogen-bond donors (Lipinski definition) is 3. The first-order valence-corrected chi connectivity index (χ1v) is 10.2. The molecule has 1 saturated carbocycles. The first kappa shape index (κ1) is 19.4. The third-order valence-corrected chi connectivity index (χ3v) is 5.52. The van der Waals surface area contributed by atoms with Crippen molar-refractivity contribution in [2.45, 2.75) is 44.3 Å². The molecule has 4 N–H and O–H groups in total. The van der Waals surface area contributed by atoms with E-state index < -0.39 is 0 Å². The minimum atomic E-state index is -0.280. The Bertz CT molecular complexity index is 996. The van der Waals surface area contributed by atoms with Crippen molar-refractivity contribution in [1.82, 2.24) is 5.32 Å². The molecule has 0 spiro atoms. The number of nitrogens with two attached hydrogens (primary N) is 1. The second kappa shape index (κ2) is 9.05. The number of hydrogen-bond acceptors (Lipinski definition) is 2. The Morgan fingerprint density at radius 2 is 1.79 bits per heavy atom. The van der Waals surface area contributed by atoms with Crippen LogP contribution in [-0.4, -0.2) is 18.0 Å². The Morgan fingerprint density at radius 1 is 1.00 bits per heavy atom. The predicted octanol–water partition coefficient (Wildman–Crippen LogP) is 4.81. The Kier molecular flexibility index (Phi) is 6.06. The van der Waals surface area contributed by atoms with Gasteiger partial charge in [-0.15, -0.1) is 0 Å². The topological polar surface area (TPSA) is 62.4 Å². The van der Waals surface area contributed by atoms with Gasteiger partial charge >= 0.3 is 0 Å². The average molecular weight is 391 g/mol. The van der Waals surface area contributed by atoms with Crippen LogP contribution in [0.25, 0.3) is 10.8 Å². The zero-order chi connectivity index (χ0) is 20.1. The van der Waals surface area contributed by atoms with E-state index in [1.54, 1.807) is 6.07 Å². The van der Waals surface area contributed by atoms with Gasteiger partial charge in [-0.05, 0) is 47.4 Å². The van der Waals surface area contributed by atoms with Crippen molar-refractivity contribution >= 4 is 22.4 Å². The van der Waals surface area contributed by atoms with Gasteiger partial charge in [-0.2, -0.15) is 0 Å². The summed E-state index contributed by atoms with van der Waals surface area (Å²) in [5.74, 6) is 0.351. The number of fused-ring (bicyclic) bond motifs is 1. The van der Waals surface area contributed by atoms with Crippen LogP contribution in [0.1, 0.15) is 31.2 Å². The fourth-order valence-corrected chi connectivity index (χ4v) is 3.93. The van der Waals surface area contributed by atoms with Gasteiger partial charge in [0.15, 0.2) is 5.96 Å². The Hall–Kier alpha value is -2.92. The van der Waals surface area contributed by atoms with E-state index in [9.17, 15) is 4.39 Å². The van der Waals surface area contributed by atoms with Gasteiger partial charge in [-0.1, -0.05) is 61.4 Å². The Morgan fingerprint density at radius 3 is 2.66 bits per heavy atom. The summed E-state index contributed by atoms with van der Waals surface area (Å²) in [6.45, 7) is 0.522. The zero-order valence-electron chi connectivity index (χ0n) is 16.4. The third-order valence-electron chi connectivity index (χ3n) is 5.52. The van der Waals surface area contributed by atoms with E-state index in [0.717, 1.165) is 24.8 Å². The minimum Gasteiger partial charge on any atom is -0.352 e. The number of anilines is 1. The monoisotopic (exact) mass is 390 g/mol. The van der Waals surface area contributed by atoms with E-state index in [-0.39, 0.29) is 17.9 Å². The van der Waals surface area contributed by atoms with Crippen molar-refractivity contribution < 1.29 is 4.39 Å². The van der Waals surface area contributed by atoms with Gasteiger partial charge in [0.1, 0.15) is 5.82 Å². The van der Waals surface area contributed by atoms with Crippen molar-refractivity contribution in [2.75, 3.05) is 5.32 Å². The molecule has 0 unspecified atom stereocenters. The lowest BCUT2D eigenvalue weighted by Gasteiger charge is -2.30. The number of guanidine groups is 1. The average Bonchev–Trinajstić information content (AvgIpc) is 2.73. The molecule has 0 radical (unpaired) electrons. The highest BCUT2D eigenvalue weighted by Crippen LogP contribution is 2.20. The maximum atomic E-state index is 13.6. The van der Waals surface area contributed by atoms with Crippen LogP contribution in [0.5, 0.6) is 0 Å². The zero-order valence-corrected chi connectivity index (χ0v) is 16.4. The highest BCUT2D eigenvalue weighted by Gasteiger charge is 2.22. The molecular weight excluding hydrogens is 363 g/mol. The van der Waals surface area contributed by atoms with Crippen molar-refractivity contribution in [1.29, 1.82) is 0 Å². The molecule has 3 aromatic rings. The molecule has 0 bridgehead atoms. The normalized spacial score (nSPS) is 19.9. The molecule has 150 valence electrons. The molecule has 4 nitrogen and oxygen atoms in total. The number of aliphatic imine (C=N–C) groups is 1. The lowest BCUT2D eigenvalue weighted by Crippen LogP contribution is -2.51. The van der Waals surface area contributed by atoms with Crippen molar-refractivity contribution in [3.05, 3.63) is 78.1 Å². The van der Waals surface area contributed by atoms with Crippen molar-refractivity contribution in [3.63, 3.8) is 0 Å². The maximum Gasteiger partial charge on any atom is 0.196 e. The molecule has 0 aliphatic heterocycles. The molecule has 5 heteroatoms. The number of nitrogens with zero attached hydrogens (tertiary/aromatic N) is 1. The molecule has 0 saturated heterocycles. The van der Waals surface area contributed by atoms with E-state index in [0.29, 0.717) is 18.2 Å². The summed E-state index contributed by atoms with van der Waals surface area (Å²) in [6, 6.07) is 21.2. The van der Waals surface area contributed by atoms with Crippen LogP contribution in [0.4, 0.5) is 10.1 Å². The minimum absolute atomic E-state index is 0.0980. The molecule has 1 fully saturated rings. The maximum absolute atomic E-state index is 13.6. The third kappa shape index (κ3) is 4.93. The second-order valence-electron chi connectivity index (χ2n) is 7.64. The molecule has 0 amide bonds. The molecule has 0 aromatic heterocycles. The highest BCUT2D eigenvalue weighted by atomic mass is 19.1. The van der Waals surface area contributed by atoms with E-state index in [1.165, 1.54) is 29.3 Å². The SMILES string of the molecule is N[C@H]1CCCC[C@@H]1NC(=NCc1cccc2ccccc12)Nc1cccc(F)c1. The highest BCUT2D eigenvalue weighted by molar-refractivity contribution is 5.94. The molecule has 3 aromatic carbocycles. The van der Waals surface area contributed by atoms with E-state index in [2.05, 4.69) is 41.0 Å². The molecular formula is C24H27FN4. The smallest absolute Gasteiger partial charge is 0.196 e. The number of halogens is 1. The van der Waals surface area contributed by atoms with Crippen LogP contribution in [0.3, 0.4) is 0 Å². The van der Waals surface area contributed by atoms with Crippen LogP contribution in [0.2, 0.25) is 0 Å². The second-order valence-corrected chi connectivity index (χ2v) is 7.64. The molecule has 1 aliphatic carbocycles. The van der Waals surface area contributed by atoms with Gasteiger partial charge in [-0.25, -0.2) is 9.38 Å². The van der Waals surface area contributed by atoms with Gasteiger partial charge in [-0.3, -0.25) is 0 Å². The van der Waals surface area contributed by atoms with E-state index >= 15 is 0 Å². The summed E-state index contributed by atoms with van der Waals surface area (Å²) in [6.07, 6.45) is 4.34. The number of benzene rings is 3. The summed E-state index contributed by atoms with van der Waals surface area (Å²) in [5.41, 5.74) is 8.14. The molecule has 4 rings (SSSR count). The summed E-state index contributed by atoms with van der Waals surface area (Å²) in [7, 11) is 0.